The number of ether oxygens (including phenoxy) is 2. The third-order valence-corrected chi connectivity index (χ3v) is 4.17. The number of hydrogen-bond acceptors (Lipinski definition) is 4. The van der Waals surface area contributed by atoms with Gasteiger partial charge in [-0.15, -0.1) is 0 Å². The Hall–Kier alpha value is -2.82. The van der Waals surface area contributed by atoms with Gasteiger partial charge in [0, 0.05) is 19.5 Å². The molecule has 1 amide bonds. The van der Waals surface area contributed by atoms with Gasteiger partial charge >= 0.3 is 5.97 Å². The normalized spacial score (nSPS) is 10.2. The third kappa shape index (κ3) is 6.24. The summed E-state index contributed by atoms with van der Waals surface area (Å²) in [5, 5.41) is 0. The highest BCUT2D eigenvalue weighted by atomic mass is 16.5. The van der Waals surface area contributed by atoms with E-state index < -0.39 is 0 Å². The van der Waals surface area contributed by atoms with Crippen molar-refractivity contribution in [1.82, 2.24) is 4.90 Å². The Bertz CT molecular complexity index is 698. The van der Waals surface area contributed by atoms with Crippen molar-refractivity contribution < 1.29 is 19.1 Å². The Morgan fingerprint density at radius 2 is 1.58 bits per heavy atom. The second-order valence-corrected chi connectivity index (χ2v) is 5.98. The number of methoxy groups -OCH3 is 2. The van der Waals surface area contributed by atoms with Crippen molar-refractivity contribution in [1.29, 1.82) is 0 Å². The summed E-state index contributed by atoms with van der Waals surface area (Å²) < 4.78 is 9.86. The van der Waals surface area contributed by atoms with Crippen molar-refractivity contribution >= 4 is 11.9 Å². The number of carbonyl (C=O) groups is 2. The zero-order valence-electron chi connectivity index (χ0n) is 15.3. The van der Waals surface area contributed by atoms with Crippen LogP contribution in [0.2, 0.25) is 0 Å². The summed E-state index contributed by atoms with van der Waals surface area (Å²) in [7, 11) is 2.97. The lowest BCUT2D eigenvalue weighted by atomic mass is 10.1. The van der Waals surface area contributed by atoms with Gasteiger partial charge in [-0.3, -0.25) is 9.59 Å². The first kappa shape index (κ1) is 19.5. The van der Waals surface area contributed by atoms with Crippen LogP contribution in [0.25, 0.3) is 0 Å². The van der Waals surface area contributed by atoms with Gasteiger partial charge in [-0.25, -0.2) is 0 Å². The summed E-state index contributed by atoms with van der Waals surface area (Å²) in [4.78, 5) is 25.9. The first-order valence-corrected chi connectivity index (χ1v) is 8.64. The van der Waals surface area contributed by atoms with Crippen LogP contribution >= 0.6 is 0 Å². The molecule has 2 aromatic rings. The number of amides is 1. The molecule has 0 atom stereocenters. The summed E-state index contributed by atoms with van der Waals surface area (Å²) in [6, 6.07) is 17.5. The number of rotatable bonds is 9. The van der Waals surface area contributed by atoms with E-state index in [-0.39, 0.29) is 18.3 Å². The minimum absolute atomic E-state index is 0.0218. The molecule has 5 heteroatoms. The minimum atomic E-state index is -0.319. The van der Waals surface area contributed by atoms with Gasteiger partial charge in [-0.2, -0.15) is 0 Å². The molecule has 0 bridgehead atoms. The molecule has 0 heterocycles. The lowest BCUT2D eigenvalue weighted by molar-refractivity contribution is -0.141. The van der Waals surface area contributed by atoms with Crippen molar-refractivity contribution in [3.8, 4) is 5.75 Å². The number of aryl methyl sites for hydroxylation is 1. The summed E-state index contributed by atoms with van der Waals surface area (Å²) in [6.45, 7) is 0.793. The molecule has 2 aromatic carbocycles. The summed E-state index contributed by atoms with van der Waals surface area (Å²) >= 11 is 0. The van der Waals surface area contributed by atoms with Gasteiger partial charge in [0.1, 0.15) is 5.75 Å². The van der Waals surface area contributed by atoms with Crippen LogP contribution in [0.3, 0.4) is 0 Å². The van der Waals surface area contributed by atoms with Crippen molar-refractivity contribution in [2.45, 2.75) is 25.8 Å². The molecular formula is C21H25NO4. The third-order valence-electron chi connectivity index (χ3n) is 4.17. The molecule has 0 spiro atoms. The van der Waals surface area contributed by atoms with Gasteiger partial charge in [0.2, 0.25) is 5.91 Å². The first-order chi connectivity index (χ1) is 12.6. The number of nitrogens with zero attached hydrogens (tertiary/aromatic N) is 1. The van der Waals surface area contributed by atoms with Gasteiger partial charge in [0.25, 0.3) is 0 Å². The number of esters is 1. The van der Waals surface area contributed by atoms with Crippen LogP contribution in [0.1, 0.15) is 24.0 Å². The van der Waals surface area contributed by atoms with E-state index in [1.807, 2.05) is 54.6 Å². The molecule has 26 heavy (non-hydrogen) atoms. The fraction of sp³-hybridized carbons (Fsp3) is 0.333. The van der Waals surface area contributed by atoms with E-state index in [0.717, 1.165) is 16.9 Å². The van der Waals surface area contributed by atoms with Crippen molar-refractivity contribution in [3.63, 3.8) is 0 Å². The van der Waals surface area contributed by atoms with Crippen LogP contribution in [0.4, 0.5) is 0 Å². The molecule has 0 N–H and O–H groups in total. The van der Waals surface area contributed by atoms with Crippen molar-refractivity contribution in [3.05, 3.63) is 65.7 Å². The summed E-state index contributed by atoms with van der Waals surface area (Å²) in [5.41, 5.74) is 2.11. The average Bonchev–Trinajstić information content (AvgIpc) is 2.70. The molecule has 0 fully saturated rings. The van der Waals surface area contributed by atoms with Crippen molar-refractivity contribution in [2.24, 2.45) is 0 Å². The van der Waals surface area contributed by atoms with Crippen molar-refractivity contribution in [2.75, 3.05) is 20.8 Å². The fourth-order valence-corrected chi connectivity index (χ4v) is 2.63. The quantitative estimate of drug-likeness (QED) is 0.648. The predicted octanol–water partition coefficient (Wildman–Crippen LogP) is 3.22. The molecule has 0 aromatic heterocycles. The summed E-state index contributed by atoms with van der Waals surface area (Å²) in [5.74, 6) is 0.472. The van der Waals surface area contributed by atoms with Crippen LogP contribution in [0, 0.1) is 0 Å². The van der Waals surface area contributed by atoms with Crippen LogP contribution < -0.4 is 4.74 Å². The molecule has 0 radical (unpaired) electrons. The molecule has 2 rings (SSSR count). The van der Waals surface area contributed by atoms with E-state index in [4.69, 9.17) is 9.47 Å². The number of carbonyl (C=O) groups excluding carboxylic acids is 2. The lowest BCUT2D eigenvalue weighted by Gasteiger charge is -2.22. The number of benzene rings is 2. The van der Waals surface area contributed by atoms with E-state index >= 15 is 0 Å². The lowest BCUT2D eigenvalue weighted by Crippen LogP contribution is -2.33. The highest BCUT2D eigenvalue weighted by molar-refractivity contribution is 5.77. The molecule has 0 aliphatic heterocycles. The maximum atomic E-state index is 12.7. The second kappa shape index (κ2) is 10.2. The van der Waals surface area contributed by atoms with E-state index in [2.05, 4.69) is 0 Å². The molecule has 0 saturated heterocycles. The maximum Gasteiger partial charge on any atom is 0.307 e. The van der Waals surface area contributed by atoms with Gasteiger partial charge in [-0.1, -0.05) is 42.5 Å². The predicted molar refractivity (Wildman–Crippen MR) is 99.8 cm³/mol. The van der Waals surface area contributed by atoms with Crippen LogP contribution in [-0.2, 0) is 27.3 Å². The molecule has 0 aliphatic carbocycles. The Kier molecular flexibility index (Phi) is 7.68. The molecular weight excluding hydrogens is 330 g/mol. The van der Waals surface area contributed by atoms with Gasteiger partial charge in [0.05, 0.1) is 20.6 Å². The fourth-order valence-electron chi connectivity index (χ4n) is 2.63. The van der Waals surface area contributed by atoms with Crippen LogP contribution in [-0.4, -0.2) is 37.5 Å². The van der Waals surface area contributed by atoms with Gasteiger partial charge in [-0.05, 0) is 29.7 Å². The van der Waals surface area contributed by atoms with E-state index in [9.17, 15) is 9.59 Å². The Balaban J connectivity index is 2.00. The van der Waals surface area contributed by atoms with Crippen LogP contribution in [0.15, 0.2) is 54.6 Å². The van der Waals surface area contributed by atoms with Gasteiger partial charge in [0.15, 0.2) is 0 Å². The average molecular weight is 355 g/mol. The Labute approximate surface area is 154 Å². The smallest absolute Gasteiger partial charge is 0.307 e. The van der Waals surface area contributed by atoms with E-state index in [1.54, 1.807) is 12.0 Å². The van der Waals surface area contributed by atoms with Crippen LogP contribution in [0.5, 0.6) is 5.75 Å². The second-order valence-electron chi connectivity index (χ2n) is 5.98. The highest BCUT2D eigenvalue weighted by Crippen LogP contribution is 2.14. The molecule has 0 saturated carbocycles. The molecule has 138 valence electrons. The highest BCUT2D eigenvalue weighted by Gasteiger charge is 2.16. The molecule has 0 unspecified atom stereocenters. The van der Waals surface area contributed by atoms with Gasteiger partial charge < -0.3 is 14.4 Å². The summed E-state index contributed by atoms with van der Waals surface area (Å²) in [6.07, 6.45) is 1.27. The molecule has 5 nitrogen and oxygen atoms in total. The Morgan fingerprint density at radius 3 is 2.19 bits per heavy atom. The largest absolute Gasteiger partial charge is 0.497 e. The maximum absolute atomic E-state index is 12.7. The topological polar surface area (TPSA) is 55.8 Å². The van der Waals surface area contributed by atoms with E-state index in [1.165, 1.54) is 7.11 Å². The number of hydrogen-bond donors (Lipinski definition) is 0. The Morgan fingerprint density at radius 1 is 0.885 bits per heavy atom. The zero-order chi connectivity index (χ0) is 18.8. The van der Waals surface area contributed by atoms with E-state index in [0.29, 0.717) is 25.9 Å². The monoisotopic (exact) mass is 355 g/mol. The first-order valence-electron chi connectivity index (χ1n) is 8.64. The zero-order valence-corrected chi connectivity index (χ0v) is 15.3. The minimum Gasteiger partial charge on any atom is -0.497 e. The molecule has 0 aliphatic rings. The SMILES string of the molecule is COC(=O)CCN(Cc1ccc(OC)cc1)C(=O)CCc1ccccc1. The standard InChI is InChI=1S/C21H25NO4/c1-25-19-11-8-18(9-12-19)16-22(15-14-21(24)26-2)20(23)13-10-17-6-4-3-5-7-17/h3-9,11-12H,10,13-16H2,1-2H3.